The SMILES string of the molecule is CN(CCN1CCNCC1)S(=O)(=O)c1cccnc1C#N. The van der Waals surface area contributed by atoms with Gasteiger partial charge in [-0.25, -0.2) is 13.4 Å². The average molecular weight is 309 g/mol. The molecule has 7 nitrogen and oxygen atoms in total. The van der Waals surface area contributed by atoms with Crippen molar-refractivity contribution in [3.8, 4) is 6.07 Å². The Balaban J connectivity index is 2.06. The summed E-state index contributed by atoms with van der Waals surface area (Å²) in [5.41, 5.74) is -0.0634. The van der Waals surface area contributed by atoms with Crippen LogP contribution in [0.2, 0.25) is 0 Å². The first-order valence-electron chi connectivity index (χ1n) is 6.80. The van der Waals surface area contributed by atoms with Crippen LogP contribution in [0.5, 0.6) is 0 Å². The summed E-state index contributed by atoms with van der Waals surface area (Å²) >= 11 is 0. The largest absolute Gasteiger partial charge is 0.314 e. The summed E-state index contributed by atoms with van der Waals surface area (Å²) in [6, 6.07) is 4.77. The number of hydrogen-bond acceptors (Lipinski definition) is 6. The van der Waals surface area contributed by atoms with Gasteiger partial charge in [-0.05, 0) is 12.1 Å². The topological polar surface area (TPSA) is 89.3 Å². The molecule has 114 valence electrons. The third-order valence-corrected chi connectivity index (χ3v) is 5.39. The van der Waals surface area contributed by atoms with Crippen LogP contribution in [0.25, 0.3) is 0 Å². The highest BCUT2D eigenvalue weighted by Gasteiger charge is 2.25. The Morgan fingerprint density at radius 2 is 2.19 bits per heavy atom. The molecule has 1 aliphatic heterocycles. The van der Waals surface area contributed by atoms with Gasteiger partial charge in [0.1, 0.15) is 11.0 Å². The number of nitriles is 1. The second kappa shape index (κ2) is 6.95. The Morgan fingerprint density at radius 1 is 1.48 bits per heavy atom. The van der Waals surface area contributed by atoms with E-state index in [1.807, 2.05) is 6.07 Å². The fraction of sp³-hybridized carbons (Fsp3) is 0.538. The van der Waals surface area contributed by atoms with Crippen LogP contribution in [0.3, 0.4) is 0 Å². The number of aromatic nitrogens is 1. The molecule has 0 atom stereocenters. The summed E-state index contributed by atoms with van der Waals surface area (Å²) in [5, 5.41) is 12.2. The lowest BCUT2D eigenvalue weighted by Gasteiger charge is -2.28. The molecule has 2 heterocycles. The van der Waals surface area contributed by atoms with Crippen LogP contribution in [-0.2, 0) is 10.0 Å². The smallest absolute Gasteiger partial charge is 0.245 e. The molecule has 21 heavy (non-hydrogen) atoms. The Morgan fingerprint density at radius 3 is 2.86 bits per heavy atom. The standard InChI is InChI=1S/C13H19N5O2S/c1-17(9-10-18-7-5-15-6-8-18)21(19,20)13-3-2-4-16-12(13)11-14/h2-4,15H,5-10H2,1H3. The molecule has 0 unspecified atom stereocenters. The minimum absolute atomic E-state index is 0.0321. The summed E-state index contributed by atoms with van der Waals surface area (Å²) in [4.78, 5) is 6.00. The normalized spacial score (nSPS) is 16.8. The highest BCUT2D eigenvalue weighted by atomic mass is 32.2. The molecule has 1 aliphatic rings. The molecule has 0 saturated carbocycles. The number of rotatable bonds is 5. The maximum atomic E-state index is 12.5. The van der Waals surface area contributed by atoms with Crippen LogP contribution < -0.4 is 5.32 Å². The quantitative estimate of drug-likeness (QED) is 0.787. The van der Waals surface area contributed by atoms with Crippen LogP contribution in [0.15, 0.2) is 23.2 Å². The van der Waals surface area contributed by atoms with E-state index in [1.165, 1.54) is 29.7 Å². The number of sulfonamides is 1. The van der Waals surface area contributed by atoms with Gasteiger partial charge in [0, 0.05) is 52.5 Å². The summed E-state index contributed by atoms with van der Waals surface area (Å²) in [5.74, 6) is 0. The molecule has 1 aromatic heterocycles. The van der Waals surface area contributed by atoms with Crippen LogP contribution in [-0.4, -0.2) is 68.9 Å². The van der Waals surface area contributed by atoms with Gasteiger partial charge in [-0.15, -0.1) is 0 Å². The van der Waals surface area contributed by atoms with Gasteiger partial charge in [-0.1, -0.05) is 0 Å². The second-order valence-electron chi connectivity index (χ2n) is 4.88. The van der Waals surface area contributed by atoms with Gasteiger partial charge in [0.25, 0.3) is 0 Å². The number of hydrogen-bond donors (Lipinski definition) is 1. The van der Waals surface area contributed by atoms with Crippen molar-refractivity contribution in [2.75, 3.05) is 46.3 Å². The maximum Gasteiger partial charge on any atom is 0.245 e. The molecule has 0 amide bonds. The summed E-state index contributed by atoms with van der Waals surface area (Å²) < 4.78 is 26.3. The third kappa shape index (κ3) is 3.77. The monoisotopic (exact) mass is 309 g/mol. The highest BCUT2D eigenvalue weighted by molar-refractivity contribution is 7.89. The first-order valence-corrected chi connectivity index (χ1v) is 8.24. The highest BCUT2D eigenvalue weighted by Crippen LogP contribution is 2.16. The third-order valence-electron chi connectivity index (χ3n) is 3.51. The molecular formula is C13H19N5O2S. The molecule has 1 N–H and O–H groups in total. The van der Waals surface area contributed by atoms with Crippen LogP contribution >= 0.6 is 0 Å². The summed E-state index contributed by atoms with van der Waals surface area (Å²) in [7, 11) is -2.14. The maximum absolute atomic E-state index is 12.5. The van der Waals surface area contributed by atoms with E-state index in [9.17, 15) is 8.42 Å². The van der Waals surface area contributed by atoms with Crippen molar-refractivity contribution < 1.29 is 8.42 Å². The molecule has 0 spiro atoms. The van der Waals surface area contributed by atoms with Crippen molar-refractivity contribution >= 4 is 10.0 Å². The Bertz CT molecular complexity index is 620. The van der Waals surface area contributed by atoms with Gasteiger partial charge in [-0.2, -0.15) is 9.57 Å². The van der Waals surface area contributed by atoms with E-state index in [2.05, 4.69) is 15.2 Å². The number of nitrogens with zero attached hydrogens (tertiary/aromatic N) is 4. The van der Waals surface area contributed by atoms with E-state index in [1.54, 1.807) is 0 Å². The van der Waals surface area contributed by atoms with E-state index < -0.39 is 10.0 Å². The van der Waals surface area contributed by atoms with Crippen LogP contribution in [0.1, 0.15) is 5.69 Å². The van der Waals surface area contributed by atoms with Crippen molar-refractivity contribution in [2.24, 2.45) is 0 Å². The van der Waals surface area contributed by atoms with Gasteiger partial charge in [0.2, 0.25) is 10.0 Å². The van der Waals surface area contributed by atoms with E-state index in [-0.39, 0.29) is 10.6 Å². The van der Waals surface area contributed by atoms with Gasteiger partial charge in [0.05, 0.1) is 0 Å². The van der Waals surface area contributed by atoms with Crippen molar-refractivity contribution in [1.82, 2.24) is 19.5 Å². The van der Waals surface area contributed by atoms with E-state index in [4.69, 9.17) is 5.26 Å². The van der Waals surface area contributed by atoms with Gasteiger partial charge >= 0.3 is 0 Å². The molecule has 0 aliphatic carbocycles. The minimum Gasteiger partial charge on any atom is -0.314 e. The zero-order valence-corrected chi connectivity index (χ0v) is 12.8. The zero-order chi connectivity index (χ0) is 15.3. The lowest BCUT2D eigenvalue weighted by Crippen LogP contribution is -2.46. The number of nitrogens with one attached hydrogen (secondary N) is 1. The first kappa shape index (κ1) is 15.9. The number of pyridine rings is 1. The fourth-order valence-corrected chi connectivity index (χ4v) is 3.44. The van der Waals surface area contributed by atoms with Gasteiger partial charge in [0.15, 0.2) is 5.69 Å². The molecular weight excluding hydrogens is 290 g/mol. The molecule has 1 aromatic rings. The zero-order valence-electron chi connectivity index (χ0n) is 12.0. The lowest BCUT2D eigenvalue weighted by atomic mass is 10.3. The molecule has 0 bridgehead atoms. The molecule has 0 radical (unpaired) electrons. The van der Waals surface area contributed by atoms with Gasteiger partial charge in [-0.3, -0.25) is 4.90 Å². The molecule has 1 fully saturated rings. The summed E-state index contributed by atoms with van der Waals surface area (Å²) in [6.07, 6.45) is 1.41. The molecule has 0 aromatic carbocycles. The molecule has 1 saturated heterocycles. The molecule has 8 heteroatoms. The molecule has 2 rings (SSSR count). The van der Waals surface area contributed by atoms with Crippen molar-refractivity contribution in [1.29, 1.82) is 5.26 Å². The fourth-order valence-electron chi connectivity index (χ4n) is 2.19. The van der Waals surface area contributed by atoms with Crippen molar-refractivity contribution in [3.05, 3.63) is 24.0 Å². The Hall–Kier alpha value is -1.53. The number of likely N-dealkylation sites (N-methyl/N-ethyl adjacent to an activating group) is 1. The van der Waals surface area contributed by atoms with Gasteiger partial charge < -0.3 is 5.32 Å². The van der Waals surface area contributed by atoms with Crippen molar-refractivity contribution in [2.45, 2.75) is 4.90 Å². The van der Waals surface area contributed by atoms with E-state index in [0.29, 0.717) is 13.1 Å². The first-order chi connectivity index (χ1) is 10.1. The van der Waals surface area contributed by atoms with Crippen LogP contribution in [0, 0.1) is 11.3 Å². The second-order valence-corrected chi connectivity index (χ2v) is 6.89. The van der Waals surface area contributed by atoms with Crippen molar-refractivity contribution in [3.63, 3.8) is 0 Å². The Kier molecular flexibility index (Phi) is 5.25. The minimum atomic E-state index is -3.68. The van der Waals surface area contributed by atoms with E-state index >= 15 is 0 Å². The average Bonchev–Trinajstić information content (AvgIpc) is 2.53. The number of piperazine rings is 1. The van der Waals surface area contributed by atoms with E-state index in [0.717, 1.165) is 26.2 Å². The predicted molar refractivity (Wildman–Crippen MR) is 78.1 cm³/mol. The summed E-state index contributed by atoms with van der Waals surface area (Å²) in [6.45, 7) is 4.77. The van der Waals surface area contributed by atoms with Crippen LogP contribution in [0.4, 0.5) is 0 Å². The lowest BCUT2D eigenvalue weighted by molar-refractivity contribution is 0.229. The Labute approximate surface area is 125 Å². The predicted octanol–water partition coefficient (Wildman–Crippen LogP) is -0.521.